The minimum Gasteiger partial charge on any atom is -0.495 e. The Morgan fingerprint density at radius 3 is 2.57 bits per heavy atom. The fraction of sp³-hybridized carbons (Fsp3) is 0.143. The van der Waals surface area contributed by atoms with Crippen molar-refractivity contribution in [1.82, 2.24) is 4.98 Å². The second-order valence-electron chi connectivity index (χ2n) is 3.99. The lowest BCUT2D eigenvalue weighted by Crippen LogP contribution is -2.14. The van der Waals surface area contributed by atoms with Crippen LogP contribution in [0.25, 0.3) is 0 Å². The third-order valence-electron chi connectivity index (χ3n) is 2.67. The van der Waals surface area contributed by atoms with Crippen molar-refractivity contribution >= 4 is 39.1 Å². The molecule has 1 N–H and O–H groups in total. The average Bonchev–Trinajstić information content (AvgIpc) is 2.48. The van der Waals surface area contributed by atoms with E-state index in [4.69, 9.17) is 21.1 Å². The molecule has 0 aliphatic rings. The van der Waals surface area contributed by atoms with Crippen molar-refractivity contribution in [3.8, 4) is 11.5 Å². The molecule has 0 aliphatic carbocycles. The zero-order valence-corrected chi connectivity index (χ0v) is 13.7. The summed E-state index contributed by atoms with van der Waals surface area (Å²) in [5, 5.41) is 3.12. The predicted molar refractivity (Wildman–Crippen MR) is 84.4 cm³/mol. The Morgan fingerprint density at radius 1 is 1.24 bits per heavy atom. The number of methoxy groups -OCH3 is 2. The normalized spacial score (nSPS) is 10.1. The molecule has 1 heterocycles. The maximum Gasteiger partial charge on any atom is 0.274 e. The number of hydrogen-bond acceptors (Lipinski definition) is 4. The average molecular weight is 372 g/mol. The summed E-state index contributed by atoms with van der Waals surface area (Å²) in [6.45, 7) is 0. The van der Waals surface area contributed by atoms with Gasteiger partial charge in [-0.05, 0) is 28.1 Å². The Morgan fingerprint density at radius 2 is 1.95 bits per heavy atom. The number of ether oxygens (including phenoxy) is 2. The summed E-state index contributed by atoms with van der Waals surface area (Å²) in [5.41, 5.74) is 0.728. The van der Waals surface area contributed by atoms with Crippen LogP contribution in [-0.2, 0) is 0 Å². The number of nitrogens with zero attached hydrogens (tertiary/aromatic N) is 1. The van der Waals surface area contributed by atoms with Gasteiger partial charge < -0.3 is 14.8 Å². The molecule has 0 unspecified atom stereocenters. The van der Waals surface area contributed by atoms with Crippen LogP contribution in [0.15, 0.2) is 34.9 Å². The number of aromatic nitrogens is 1. The molecule has 5 nitrogen and oxygen atoms in total. The third kappa shape index (κ3) is 3.65. The monoisotopic (exact) mass is 370 g/mol. The largest absolute Gasteiger partial charge is 0.495 e. The van der Waals surface area contributed by atoms with E-state index in [1.807, 2.05) is 0 Å². The number of carbonyl (C=O) groups is 1. The number of benzene rings is 1. The van der Waals surface area contributed by atoms with Gasteiger partial charge in [0, 0.05) is 12.1 Å². The fourth-order valence-corrected chi connectivity index (χ4v) is 2.25. The molecule has 2 aromatic rings. The maximum atomic E-state index is 12.2. The van der Waals surface area contributed by atoms with E-state index in [9.17, 15) is 4.79 Å². The zero-order chi connectivity index (χ0) is 15.4. The van der Waals surface area contributed by atoms with E-state index in [1.165, 1.54) is 14.2 Å². The van der Waals surface area contributed by atoms with Crippen LogP contribution in [0.2, 0.25) is 5.02 Å². The standard InChI is InChI=1S/C14H12BrClN2O3/c1-20-11-7-10(12(21-2)6-8(11)16)18-14(19)9-4-3-5-13(15)17-9/h3-7H,1-2H3,(H,18,19). The molecule has 110 valence electrons. The Hall–Kier alpha value is -1.79. The van der Waals surface area contributed by atoms with Crippen molar-refractivity contribution < 1.29 is 14.3 Å². The lowest BCUT2D eigenvalue weighted by molar-refractivity contribution is 0.102. The molecular weight excluding hydrogens is 360 g/mol. The highest BCUT2D eigenvalue weighted by Gasteiger charge is 2.14. The Bertz CT molecular complexity index is 679. The van der Waals surface area contributed by atoms with Crippen molar-refractivity contribution in [1.29, 1.82) is 0 Å². The molecule has 0 radical (unpaired) electrons. The van der Waals surface area contributed by atoms with Crippen LogP contribution in [0.3, 0.4) is 0 Å². The molecule has 0 aliphatic heterocycles. The van der Waals surface area contributed by atoms with Gasteiger partial charge in [0.15, 0.2) is 0 Å². The molecule has 1 aromatic heterocycles. The molecule has 2 rings (SSSR count). The number of rotatable bonds is 4. The molecule has 7 heteroatoms. The fourth-order valence-electron chi connectivity index (χ4n) is 1.68. The second kappa shape index (κ2) is 6.78. The predicted octanol–water partition coefficient (Wildman–Crippen LogP) is 3.77. The van der Waals surface area contributed by atoms with Gasteiger partial charge in [0.05, 0.1) is 24.9 Å². The number of pyridine rings is 1. The van der Waals surface area contributed by atoms with Crippen molar-refractivity contribution in [3.05, 3.63) is 45.7 Å². The molecule has 0 spiro atoms. The first-order valence-corrected chi connectivity index (χ1v) is 7.07. The van der Waals surface area contributed by atoms with Crippen molar-refractivity contribution in [3.63, 3.8) is 0 Å². The van der Waals surface area contributed by atoms with Gasteiger partial charge in [-0.25, -0.2) is 4.98 Å². The van der Waals surface area contributed by atoms with E-state index in [-0.39, 0.29) is 11.6 Å². The molecule has 1 aromatic carbocycles. The first-order chi connectivity index (χ1) is 10.0. The SMILES string of the molecule is COc1cc(NC(=O)c2cccc(Br)n2)c(OC)cc1Cl. The molecule has 0 saturated heterocycles. The van der Waals surface area contributed by atoms with Gasteiger partial charge in [-0.15, -0.1) is 0 Å². The molecular formula is C14H12BrClN2O3. The first kappa shape index (κ1) is 15.6. The molecule has 0 bridgehead atoms. The van der Waals surface area contributed by atoms with Crippen LogP contribution in [0.1, 0.15) is 10.5 Å². The molecule has 0 saturated carbocycles. The van der Waals surface area contributed by atoms with Crippen LogP contribution in [0, 0.1) is 0 Å². The van der Waals surface area contributed by atoms with Crippen molar-refractivity contribution in [2.24, 2.45) is 0 Å². The van der Waals surface area contributed by atoms with Crippen molar-refractivity contribution in [2.45, 2.75) is 0 Å². The van der Waals surface area contributed by atoms with Gasteiger partial charge in [-0.2, -0.15) is 0 Å². The van der Waals surface area contributed by atoms with Crippen LogP contribution in [0.4, 0.5) is 5.69 Å². The van der Waals surface area contributed by atoms with Gasteiger partial charge in [-0.1, -0.05) is 17.7 Å². The smallest absolute Gasteiger partial charge is 0.274 e. The third-order valence-corrected chi connectivity index (χ3v) is 3.41. The van der Waals surface area contributed by atoms with Crippen LogP contribution >= 0.6 is 27.5 Å². The maximum absolute atomic E-state index is 12.2. The lowest BCUT2D eigenvalue weighted by Gasteiger charge is -2.13. The number of nitrogens with one attached hydrogen (secondary N) is 1. The van der Waals surface area contributed by atoms with E-state index in [0.717, 1.165) is 0 Å². The summed E-state index contributed by atoms with van der Waals surface area (Å²) in [6.07, 6.45) is 0. The van der Waals surface area contributed by atoms with Gasteiger partial charge in [-0.3, -0.25) is 4.79 Å². The Kier molecular flexibility index (Phi) is 5.03. The number of anilines is 1. The number of carbonyl (C=O) groups excluding carboxylic acids is 1. The summed E-state index contributed by atoms with van der Waals surface area (Å²) < 4.78 is 10.9. The second-order valence-corrected chi connectivity index (χ2v) is 5.21. The summed E-state index contributed by atoms with van der Waals surface area (Å²) in [7, 11) is 2.99. The first-order valence-electron chi connectivity index (χ1n) is 5.90. The Balaban J connectivity index is 2.32. The highest BCUT2D eigenvalue weighted by Crippen LogP contribution is 2.36. The van der Waals surface area contributed by atoms with E-state index in [0.29, 0.717) is 26.8 Å². The van der Waals surface area contributed by atoms with E-state index < -0.39 is 0 Å². The van der Waals surface area contributed by atoms with E-state index in [1.54, 1.807) is 30.3 Å². The van der Waals surface area contributed by atoms with E-state index >= 15 is 0 Å². The molecule has 0 atom stereocenters. The minimum atomic E-state index is -0.362. The molecule has 0 fully saturated rings. The molecule has 21 heavy (non-hydrogen) atoms. The van der Waals surface area contributed by atoms with Gasteiger partial charge in [0.2, 0.25) is 0 Å². The highest BCUT2D eigenvalue weighted by atomic mass is 79.9. The number of hydrogen-bond donors (Lipinski definition) is 1. The topological polar surface area (TPSA) is 60.5 Å². The number of halogens is 2. The van der Waals surface area contributed by atoms with E-state index in [2.05, 4.69) is 26.2 Å². The Labute approximate surface area is 135 Å². The summed E-state index contributed by atoms with van der Waals surface area (Å²) >= 11 is 9.24. The minimum absolute atomic E-state index is 0.278. The van der Waals surface area contributed by atoms with Crippen LogP contribution in [-0.4, -0.2) is 25.1 Å². The van der Waals surface area contributed by atoms with Crippen LogP contribution in [0.5, 0.6) is 11.5 Å². The van der Waals surface area contributed by atoms with Gasteiger partial charge in [0.25, 0.3) is 5.91 Å². The van der Waals surface area contributed by atoms with Crippen molar-refractivity contribution in [2.75, 3.05) is 19.5 Å². The van der Waals surface area contributed by atoms with Gasteiger partial charge in [0.1, 0.15) is 21.8 Å². The number of amides is 1. The molecule has 1 amide bonds. The summed E-state index contributed by atoms with van der Waals surface area (Å²) in [6, 6.07) is 8.25. The quantitative estimate of drug-likeness (QED) is 0.831. The summed E-state index contributed by atoms with van der Waals surface area (Å²) in [4.78, 5) is 16.3. The lowest BCUT2D eigenvalue weighted by atomic mass is 10.2. The highest BCUT2D eigenvalue weighted by molar-refractivity contribution is 9.10. The van der Waals surface area contributed by atoms with Gasteiger partial charge >= 0.3 is 0 Å². The van der Waals surface area contributed by atoms with Crippen LogP contribution < -0.4 is 14.8 Å². The summed E-state index contributed by atoms with van der Waals surface area (Å²) in [5.74, 6) is 0.512. The zero-order valence-electron chi connectivity index (χ0n) is 11.3.